The molecule has 0 radical (unpaired) electrons. The van der Waals surface area contributed by atoms with Crippen molar-refractivity contribution < 1.29 is 4.39 Å². The van der Waals surface area contributed by atoms with Gasteiger partial charge in [-0.25, -0.2) is 9.37 Å². The fourth-order valence-electron chi connectivity index (χ4n) is 1.82. The first kappa shape index (κ1) is 12.8. The second-order valence-corrected chi connectivity index (χ2v) is 4.37. The van der Waals surface area contributed by atoms with Gasteiger partial charge in [0.15, 0.2) is 0 Å². The number of benzene rings is 1. The Morgan fingerprint density at radius 3 is 2.61 bits per heavy atom. The first-order chi connectivity index (χ1) is 8.70. The van der Waals surface area contributed by atoms with Crippen LogP contribution in [0.1, 0.15) is 11.1 Å². The van der Waals surface area contributed by atoms with Crippen LogP contribution in [0.25, 0.3) is 0 Å². The zero-order chi connectivity index (χ0) is 13.0. The maximum absolute atomic E-state index is 12.8. The number of alkyl halides is 1. The third-order valence-electron chi connectivity index (χ3n) is 2.71. The SMILES string of the molecule is CN(Cc1ccc(F)cc1)c1ncccc1CCl. The van der Waals surface area contributed by atoms with Gasteiger partial charge in [0.1, 0.15) is 11.6 Å². The van der Waals surface area contributed by atoms with Crippen molar-refractivity contribution >= 4 is 17.4 Å². The van der Waals surface area contributed by atoms with Crippen LogP contribution in [0.2, 0.25) is 0 Å². The molecule has 2 aromatic rings. The number of hydrogen-bond donors (Lipinski definition) is 0. The molecule has 1 heterocycles. The van der Waals surface area contributed by atoms with Crippen molar-refractivity contribution in [3.63, 3.8) is 0 Å². The number of halogens is 2. The van der Waals surface area contributed by atoms with Gasteiger partial charge in [0.2, 0.25) is 0 Å². The lowest BCUT2D eigenvalue weighted by atomic mass is 10.2. The van der Waals surface area contributed by atoms with Crippen molar-refractivity contribution in [3.8, 4) is 0 Å². The molecule has 0 fully saturated rings. The third-order valence-corrected chi connectivity index (χ3v) is 2.99. The predicted molar refractivity (Wildman–Crippen MR) is 72.3 cm³/mol. The summed E-state index contributed by atoms with van der Waals surface area (Å²) in [5.41, 5.74) is 2.02. The smallest absolute Gasteiger partial charge is 0.132 e. The van der Waals surface area contributed by atoms with E-state index < -0.39 is 0 Å². The monoisotopic (exact) mass is 264 g/mol. The van der Waals surface area contributed by atoms with Crippen LogP contribution in [-0.4, -0.2) is 12.0 Å². The van der Waals surface area contributed by atoms with E-state index in [1.54, 1.807) is 18.3 Å². The molecule has 0 saturated heterocycles. The number of hydrogen-bond acceptors (Lipinski definition) is 2. The number of nitrogens with zero attached hydrogens (tertiary/aromatic N) is 2. The van der Waals surface area contributed by atoms with E-state index in [1.807, 2.05) is 24.1 Å². The molecule has 2 nitrogen and oxygen atoms in total. The summed E-state index contributed by atoms with van der Waals surface area (Å²) < 4.78 is 12.8. The van der Waals surface area contributed by atoms with Crippen LogP contribution in [0.4, 0.5) is 10.2 Å². The van der Waals surface area contributed by atoms with Crippen LogP contribution in [0.3, 0.4) is 0 Å². The Labute approximate surface area is 111 Å². The van der Waals surface area contributed by atoms with E-state index in [0.717, 1.165) is 16.9 Å². The second kappa shape index (κ2) is 5.83. The molecular weight excluding hydrogens is 251 g/mol. The first-order valence-corrected chi connectivity index (χ1v) is 6.19. The molecule has 0 aliphatic rings. The molecule has 1 aromatic heterocycles. The highest BCUT2D eigenvalue weighted by Crippen LogP contribution is 2.19. The number of pyridine rings is 1. The topological polar surface area (TPSA) is 16.1 Å². The molecule has 4 heteroatoms. The third kappa shape index (κ3) is 2.99. The molecule has 1 aromatic carbocycles. The van der Waals surface area contributed by atoms with Gasteiger partial charge in [-0.1, -0.05) is 18.2 Å². The zero-order valence-electron chi connectivity index (χ0n) is 10.1. The molecule has 0 aliphatic carbocycles. The quantitative estimate of drug-likeness (QED) is 0.785. The van der Waals surface area contributed by atoms with Gasteiger partial charge in [-0.3, -0.25) is 0 Å². The molecular formula is C14H14ClFN2. The highest BCUT2D eigenvalue weighted by molar-refractivity contribution is 6.17. The fourth-order valence-corrected chi connectivity index (χ4v) is 2.03. The molecule has 0 spiro atoms. The van der Waals surface area contributed by atoms with Crippen LogP contribution in [0, 0.1) is 5.82 Å². The van der Waals surface area contributed by atoms with E-state index in [-0.39, 0.29) is 5.82 Å². The molecule has 0 bridgehead atoms. The molecule has 0 aliphatic heterocycles. The van der Waals surface area contributed by atoms with E-state index in [0.29, 0.717) is 12.4 Å². The minimum atomic E-state index is -0.222. The Morgan fingerprint density at radius 2 is 1.94 bits per heavy atom. The fraction of sp³-hybridized carbons (Fsp3) is 0.214. The van der Waals surface area contributed by atoms with Crippen molar-refractivity contribution in [2.45, 2.75) is 12.4 Å². The van der Waals surface area contributed by atoms with Crippen LogP contribution in [0.5, 0.6) is 0 Å². The van der Waals surface area contributed by atoms with E-state index in [1.165, 1.54) is 12.1 Å². The van der Waals surface area contributed by atoms with Crippen LogP contribution in [0.15, 0.2) is 42.6 Å². The molecule has 94 valence electrons. The molecule has 0 N–H and O–H groups in total. The molecule has 2 rings (SSSR count). The lowest BCUT2D eigenvalue weighted by Gasteiger charge is -2.20. The van der Waals surface area contributed by atoms with Crippen LogP contribution >= 0.6 is 11.6 Å². The van der Waals surface area contributed by atoms with Gasteiger partial charge in [-0.15, -0.1) is 11.6 Å². The lowest BCUT2D eigenvalue weighted by Crippen LogP contribution is -2.19. The van der Waals surface area contributed by atoms with E-state index >= 15 is 0 Å². The normalized spacial score (nSPS) is 10.4. The highest BCUT2D eigenvalue weighted by atomic mass is 35.5. The molecule has 0 atom stereocenters. The Morgan fingerprint density at radius 1 is 1.22 bits per heavy atom. The minimum Gasteiger partial charge on any atom is -0.355 e. The largest absolute Gasteiger partial charge is 0.355 e. The second-order valence-electron chi connectivity index (χ2n) is 4.10. The van der Waals surface area contributed by atoms with Gasteiger partial charge in [0.25, 0.3) is 0 Å². The van der Waals surface area contributed by atoms with Crippen LogP contribution < -0.4 is 4.90 Å². The molecule has 0 amide bonds. The number of anilines is 1. The Hall–Kier alpha value is -1.61. The highest BCUT2D eigenvalue weighted by Gasteiger charge is 2.08. The van der Waals surface area contributed by atoms with Crippen molar-refractivity contribution in [1.29, 1.82) is 0 Å². The van der Waals surface area contributed by atoms with Gasteiger partial charge in [0, 0.05) is 25.4 Å². The maximum atomic E-state index is 12.8. The summed E-state index contributed by atoms with van der Waals surface area (Å²) in [4.78, 5) is 6.34. The first-order valence-electron chi connectivity index (χ1n) is 5.66. The summed E-state index contributed by atoms with van der Waals surface area (Å²) in [6.45, 7) is 0.668. The van der Waals surface area contributed by atoms with Gasteiger partial charge < -0.3 is 4.90 Å². The van der Waals surface area contributed by atoms with Gasteiger partial charge in [-0.2, -0.15) is 0 Å². The van der Waals surface area contributed by atoms with Gasteiger partial charge >= 0.3 is 0 Å². The summed E-state index contributed by atoms with van der Waals surface area (Å²) in [5.74, 6) is 1.06. The minimum absolute atomic E-state index is 0.222. The summed E-state index contributed by atoms with van der Waals surface area (Å²) in [7, 11) is 1.95. The Kier molecular flexibility index (Phi) is 4.15. The van der Waals surface area contributed by atoms with Crippen LogP contribution in [-0.2, 0) is 12.4 Å². The van der Waals surface area contributed by atoms with Crippen molar-refractivity contribution in [2.75, 3.05) is 11.9 Å². The van der Waals surface area contributed by atoms with E-state index in [4.69, 9.17) is 11.6 Å². The number of rotatable bonds is 4. The average Bonchev–Trinajstić information content (AvgIpc) is 2.41. The summed E-state index contributed by atoms with van der Waals surface area (Å²) >= 11 is 5.88. The summed E-state index contributed by atoms with van der Waals surface area (Å²) in [5, 5.41) is 0. The molecule has 0 saturated carbocycles. The summed E-state index contributed by atoms with van der Waals surface area (Å²) in [6.07, 6.45) is 1.74. The Balaban J connectivity index is 2.16. The lowest BCUT2D eigenvalue weighted by molar-refractivity contribution is 0.627. The molecule has 0 unspecified atom stereocenters. The van der Waals surface area contributed by atoms with Gasteiger partial charge in [0.05, 0.1) is 5.88 Å². The standard InChI is InChI=1S/C14H14ClFN2/c1-18(10-11-4-6-13(16)7-5-11)14-12(9-15)3-2-8-17-14/h2-8H,9-10H2,1H3. The van der Waals surface area contributed by atoms with E-state index in [2.05, 4.69) is 4.98 Å². The summed E-state index contributed by atoms with van der Waals surface area (Å²) in [6, 6.07) is 10.3. The van der Waals surface area contributed by atoms with Crippen molar-refractivity contribution in [1.82, 2.24) is 4.98 Å². The van der Waals surface area contributed by atoms with E-state index in [9.17, 15) is 4.39 Å². The molecule has 18 heavy (non-hydrogen) atoms. The zero-order valence-corrected chi connectivity index (χ0v) is 10.9. The average molecular weight is 265 g/mol. The van der Waals surface area contributed by atoms with Gasteiger partial charge in [-0.05, 0) is 23.8 Å². The predicted octanol–water partition coefficient (Wildman–Crippen LogP) is 3.60. The maximum Gasteiger partial charge on any atom is 0.132 e. The van der Waals surface area contributed by atoms with Crippen molar-refractivity contribution in [2.24, 2.45) is 0 Å². The Bertz CT molecular complexity index is 513. The van der Waals surface area contributed by atoms with Crippen molar-refractivity contribution in [3.05, 3.63) is 59.5 Å². The number of aromatic nitrogens is 1.